The summed E-state index contributed by atoms with van der Waals surface area (Å²) in [5.74, 6) is 1.31. The molecule has 6 nitrogen and oxygen atoms in total. The molecular formula is C29H23BrN2O4S. The summed E-state index contributed by atoms with van der Waals surface area (Å²) in [5, 5.41) is 10.4. The standard InChI is InChI=1S/C29H23BrN2O4S/c1-35-23-9-5-8-21(27(23)36-2)26-20-12-10-16-6-3-4-7-19(16)25(20)31-29-32(26)28(34)24(37-29)15-17-14-18(30)11-13-22(17)33/h3-9,11,13-15,26,33H,10,12H2,1-2H3. The lowest BCUT2D eigenvalue weighted by molar-refractivity contribution is 0.348. The Morgan fingerprint density at radius 1 is 1.08 bits per heavy atom. The maximum atomic E-state index is 14.0. The van der Waals surface area contributed by atoms with Gasteiger partial charge in [0, 0.05) is 21.2 Å². The number of hydrogen-bond donors (Lipinski definition) is 1. The monoisotopic (exact) mass is 574 g/mol. The van der Waals surface area contributed by atoms with Crippen LogP contribution < -0.4 is 24.4 Å². The molecule has 37 heavy (non-hydrogen) atoms. The van der Waals surface area contributed by atoms with Gasteiger partial charge in [0.15, 0.2) is 16.3 Å². The fourth-order valence-electron chi connectivity index (χ4n) is 5.21. The molecule has 6 rings (SSSR count). The van der Waals surface area contributed by atoms with Gasteiger partial charge < -0.3 is 14.6 Å². The zero-order valence-electron chi connectivity index (χ0n) is 20.2. The molecule has 4 aromatic rings. The van der Waals surface area contributed by atoms with E-state index in [1.165, 1.54) is 16.9 Å². The van der Waals surface area contributed by atoms with Gasteiger partial charge in [-0.05, 0) is 54.3 Å². The van der Waals surface area contributed by atoms with Crippen LogP contribution in [-0.4, -0.2) is 23.9 Å². The Balaban J connectivity index is 1.67. The fraction of sp³-hybridized carbons (Fsp3) is 0.172. The number of ether oxygens (including phenoxy) is 2. The van der Waals surface area contributed by atoms with Crippen LogP contribution in [0.1, 0.15) is 34.7 Å². The van der Waals surface area contributed by atoms with Crippen molar-refractivity contribution < 1.29 is 14.6 Å². The summed E-state index contributed by atoms with van der Waals surface area (Å²) in [6, 6.07) is 18.8. The van der Waals surface area contributed by atoms with E-state index in [-0.39, 0.29) is 11.3 Å². The summed E-state index contributed by atoms with van der Waals surface area (Å²) in [6.07, 6.45) is 3.36. The number of aryl methyl sites for hydroxylation is 1. The number of allylic oxidation sites excluding steroid dienone is 1. The van der Waals surface area contributed by atoms with Crippen molar-refractivity contribution in [2.24, 2.45) is 4.99 Å². The predicted octanol–water partition coefficient (Wildman–Crippen LogP) is 4.80. The van der Waals surface area contributed by atoms with Gasteiger partial charge in [0.05, 0.1) is 30.5 Å². The highest BCUT2D eigenvalue weighted by Crippen LogP contribution is 2.45. The molecule has 2 heterocycles. The minimum atomic E-state index is -0.400. The van der Waals surface area contributed by atoms with E-state index >= 15 is 0 Å². The first-order valence-corrected chi connectivity index (χ1v) is 13.4. The molecular weight excluding hydrogens is 552 g/mol. The van der Waals surface area contributed by atoms with Crippen molar-refractivity contribution in [3.05, 3.63) is 113 Å². The lowest BCUT2D eigenvalue weighted by Crippen LogP contribution is -2.39. The highest BCUT2D eigenvalue weighted by molar-refractivity contribution is 9.10. The number of phenolic OH excluding ortho intramolecular Hbond substituents is 1. The zero-order valence-corrected chi connectivity index (χ0v) is 22.6. The van der Waals surface area contributed by atoms with Crippen LogP contribution in [0.2, 0.25) is 0 Å². The van der Waals surface area contributed by atoms with Gasteiger partial charge in [-0.2, -0.15) is 0 Å². The van der Waals surface area contributed by atoms with E-state index in [1.54, 1.807) is 43.1 Å². The van der Waals surface area contributed by atoms with Crippen molar-refractivity contribution in [2.75, 3.05) is 14.2 Å². The average Bonchev–Trinajstić information content (AvgIpc) is 3.23. The van der Waals surface area contributed by atoms with E-state index in [2.05, 4.69) is 28.1 Å². The van der Waals surface area contributed by atoms with Crippen LogP contribution >= 0.6 is 27.3 Å². The number of benzene rings is 3. The number of phenols is 1. The maximum absolute atomic E-state index is 14.0. The Kier molecular flexibility index (Phi) is 6.01. The van der Waals surface area contributed by atoms with Crippen molar-refractivity contribution in [1.29, 1.82) is 0 Å². The SMILES string of the molecule is COc1cccc(C2C3=C(N=c4sc(=Cc5cc(Br)ccc5O)c(=O)n42)c2ccccc2CC3)c1OC. The second-order valence-corrected chi connectivity index (χ2v) is 10.8. The van der Waals surface area contributed by atoms with Gasteiger partial charge in [-0.15, -0.1) is 0 Å². The Morgan fingerprint density at radius 2 is 1.92 bits per heavy atom. The third-order valence-corrected chi connectivity index (χ3v) is 8.35. The fourth-order valence-corrected chi connectivity index (χ4v) is 6.58. The molecule has 0 fully saturated rings. The normalized spacial score (nSPS) is 16.5. The molecule has 0 radical (unpaired) electrons. The van der Waals surface area contributed by atoms with Crippen LogP contribution in [0.4, 0.5) is 0 Å². The Morgan fingerprint density at radius 3 is 2.73 bits per heavy atom. The van der Waals surface area contributed by atoms with Gasteiger partial charge in [0.2, 0.25) is 0 Å². The molecule has 0 saturated heterocycles. The molecule has 8 heteroatoms. The van der Waals surface area contributed by atoms with Crippen LogP contribution in [0.5, 0.6) is 17.2 Å². The molecule has 1 atom stereocenters. The smallest absolute Gasteiger partial charge is 0.271 e. The summed E-state index contributed by atoms with van der Waals surface area (Å²) in [4.78, 5) is 19.6. The van der Waals surface area contributed by atoms with Crippen LogP contribution in [0, 0.1) is 0 Å². The largest absolute Gasteiger partial charge is 0.507 e. The highest BCUT2D eigenvalue weighted by atomic mass is 79.9. The van der Waals surface area contributed by atoms with E-state index in [0.29, 0.717) is 26.4 Å². The van der Waals surface area contributed by atoms with Gasteiger partial charge in [-0.25, -0.2) is 4.99 Å². The molecule has 1 aliphatic carbocycles. The number of aromatic hydroxyl groups is 1. The van der Waals surface area contributed by atoms with E-state index < -0.39 is 6.04 Å². The van der Waals surface area contributed by atoms with E-state index in [1.807, 2.05) is 30.3 Å². The molecule has 1 aromatic heterocycles. The Bertz CT molecular complexity index is 1770. The quantitative estimate of drug-likeness (QED) is 0.380. The molecule has 1 unspecified atom stereocenters. The summed E-state index contributed by atoms with van der Waals surface area (Å²) in [5.41, 5.74) is 5.58. The van der Waals surface area contributed by atoms with Gasteiger partial charge in [0.25, 0.3) is 5.56 Å². The first kappa shape index (κ1) is 23.8. The molecule has 3 aromatic carbocycles. The number of aromatic nitrogens is 1. The van der Waals surface area contributed by atoms with Crippen molar-refractivity contribution >= 4 is 39.0 Å². The first-order chi connectivity index (χ1) is 18.0. The first-order valence-electron chi connectivity index (χ1n) is 11.8. The third kappa shape index (κ3) is 3.91. The summed E-state index contributed by atoms with van der Waals surface area (Å²) in [7, 11) is 3.23. The van der Waals surface area contributed by atoms with Gasteiger partial charge in [0.1, 0.15) is 5.75 Å². The lowest BCUT2D eigenvalue weighted by Gasteiger charge is -2.31. The van der Waals surface area contributed by atoms with Crippen LogP contribution in [-0.2, 0) is 6.42 Å². The zero-order chi connectivity index (χ0) is 25.7. The van der Waals surface area contributed by atoms with Crippen molar-refractivity contribution in [1.82, 2.24) is 4.57 Å². The number of halogens is 1. The topological polar surface area (TPSA) is 73.0 Å². The van der Waals surface area contributed by atoms with Crippen LogP contribution in [0.3, 0.4) is 0 Å². The molecule has 186 valence electrons. The van der Waals surface area contributed by atoms with Crippen LogP contribution in [0.25, 0.3) is 11.8 Å². The number of nitrogens with zero attached hydrogens (tertiary/aromatic N) is 2. The van der Waals surface area contributed by atoms with Gasteiger partial charge in [-0.1, -0.05) is 63.7 Å². The number of hydrogen-bond acceptors (Lipinski definition) is 6. The molecule has 2 aliphatic rings. The molecule has 0 bridgehead atoms. The van der Waals surface area contributed by atoms with Crippen molar-refractivity contribution in [3.8, 4) is 17.2 Å². The molecule has 1 aliphatic heterocycles. The average molecular weight is 575 g/mol. The van der Waals surface area contributed by atoms with Crippen LogP contribution in [0.15, 0.2) is 80.5 Å². The van der Waals surface area contributed by atoms with E-state index in [9.17, 15) is 9.90 Å². The minimum Gasteiger partial charge on any atom is -0.507 e. The second kappa shape index (κ2) is 9.36. The number of thiazole rings is 1. The maximum Gasteiger partial charge on any atom is 0.271 e. The number of rotatable bonds is 4. The Labute approximate surface area is 225 Å². The molecule has 0 amide bonds. The Hall–Kier alpha value is -3.62. The van der Waals surface area contributed by atoms with E-state index in [4.69, 9.17) is 14.5 Å². The number of para-hydroxylation sites is 1. The summed E-state index contributed by atoms with van der Waals surface area (Å²) < 4.78 is 14.5. The molecule has 0 spiro atoms. The number of fused-ring (bicyclic) bond motifs is 3. The van der Waals surface area contributed by atoms with Gasteiger partial charge >= 0.3 is 0 Å². The predicted molar refractivity (Wildman–Crippen MR) is 148 cm³/mol. The summed E-state index contributed by atoms with van der Waals surface area (Å²) >= 11 is 4.77. The van der Waals surface area contributed by atoms with Gasteiger partial charge in [-0.3, -0.25) is 9.36 Å². The lowest BCUT2D eigenvalue weighted by atomic mass is 9.83. The van der Waals surface area contributed by atoms with Crippen molar-refractivity contribution in [2.45, 2.75) is 18.9 Å². The third-order valence-electron chi connectivity index (χ3n) is 6.88. The second-order valence-electron chi connectivity index (χ2n) is 8.90. The van der Waals surface area contributed by atoms with Crippen molar-refractivity contribution in [3.63, 3.8) is 0 Å². The molecule has 1 N–H and O–H groups in total. The minimum absolute atomic E-state index is 0.105. The highest BCUT2D eigenvalue weighted by Gasteiger charge is 2.34. The number of methoxy groups -OCH3 is 2. The molecule has 0 saturated carbocycles. The van der Waals surface area contributed by atoms with E-state index in [0.717, 1.165) is 39.7 Å². The summed E-state index contributed by atoms with van der Waals surface area (Å²) in [6.45, 7) is 0.